The summed E-state index contributed by atoms with van der Waals surface area (Å²) < 4.78 is 5.62. The average Bonchev–Trinajstić information content (AvgIpc) is 3.35. The second kappa shape index (κ2) is 7.82. The summed E-state index contributed by atoms with van der Waals surface area (Å²) in [4.78, 5) is 4.32. The van der Waals surface area contributed by atoms with Crippen LogP contribution in [0, 0.1) is 17.8 Å². The summed E-state index contributed by atoms with van der Waals surface area (Å²) >= 11 is 0. The molecule has 1 saturated heterocycles. The maximum Gasteiger partial charge on any atom is 0.191 e. The van der Waals surface area contributed by atoms with E-state index >= 15 is 0 Å². The fourth-order valence-corrected chi connectivity index (χ4v) is 3.22. The zero-order chi connectivity index (χ0) is 13.1. The van der Waals surface area contributed by atoms with Gasteiger partial charge in [0.25, 0.3) is 0 Å². The Morgan fingerprint density at radius 3 is 2.35 bits per heavy atom. The van der Waals surface area contributed by atoms with Crippen molar-refractivity contribution in [3.63, 3.8) is 0 Å². The van der Waals surface area contributed by atoms with Crippen LogP contribution in [-0.4, -0.2) is 38.8 Å². The van der Waals surface area contributed by atoms with Gasteiger partial charge in [-0.1, -0.05) is 0 Å². The zero-order valence-electron chi connectivity index (χ0n) is 12.4. The molecule has 2 N–H and O–H groups in total. The Morgan fingerprint density at radius 1 is 1.15 bits per heavy atom. The molecule has 20 heavy (non-hydrogen) atoms. The molecule has 1 atom stereocenters. The van der Waals surface area contributed by atoms with Gasteiger partial charge in [-0.25, -0.2) is 0 Å². The summed E-state index contributed by atoms with van der Waals surface area (Å²) in [5, 5.41) is 6.92. The molecule has 3 rings (SSSR count). The van der Waals surface area contributed by atoms with Crippen molar-refractivity contribution in [2.75, 3.05) is 26.7 Å². The van der Waals surface area contributed by atoms with Crippen molar-refractivity contribution in [2.45, 2.75) is 44.6 Å². The quantitative estimate of drug-likeness (QED) is 0.414. The highest BCUT2D eigenvalue weighted by atomic mass is 127. The number of halogens is 1. The molecule has 4 nitrogen and oxygen atoms in total. The van der Waals surface area contributed by atoms with Crippen LogP contribution in [0.3, 0.4) is 0 Å². The molecule has 0 aromatic heterocycles. The highest BCUT2D eigenvalue weighted by Gasteiger charge is 2.41. The van der Waals surface area contributed by atoms with E-state index in [0.29, 0.717) is 6.10 Å². The van der Waals surface area contributed by atoms with Crippen LogP contribution < -0.4 is 10.6 Å². The summed E-state index contributed by atoms with van der Waals surface area (Å²) in [7, 11) is 1.86. The van der Waals surface area contributed by atoms with Gasteiger partial charge < -0.3 is 15.4 Å². The Morgan fingerprint density at radius 2 is 1.85 bits per heavy atom. The third-order valence-corrected chi connectivity index (χ3v) is 4.70. The van der Waals surface area contributed by atoms with Crippen molar-refractivity contribution in [3.8, 4) is 0 Å². The van der Waals surface area contributed by atoms with Gasteiger partial charge in [0.05, 0.1) is 6.10 Å². The monoisotopic (exact) mass is 393 g/mol. The van der Waals surface area contributed by atoms with E-state index < -0.39 is 0 Å². The lowest BCUT2D eigenvalue weighted by Crippen LogP contribution is -2.43. The van der Waals surface area contributed by atoms with Crippen molar-refractivity contribution in [3.05, 3.63) is 0 Å². The van der Waals surface area contributed by atoms with Crippen LogP contribution in [0.4, 0.5) is 0 Å². The minimum absolute atomic E-state index is 0. The molecule has 2 saturated carbocycles. The Hall–Kier alpha value is -0.0400. The molecule has 1 heterocycles. The van der Waals surface area contributed by atoms with E-state index in [9.17, 15) is 0 Å². The first-order valence-corrected chi connectivity index (χ1v) is 7.93. The molecule has 0 aromatic rings. The zero-order valence-corrected chi connectivity index (χ0v) is 14.8. The van der Waals surface area contributed by atoms with E-state index in [1.165, 1.54) is 38.5 Å². The van der Waals surface area contributed by atoms with Gasteiger partial charge >= 0.3 is 0 Å². The molecule has 0 radical (unpaired) electrons. The van der Waals surface area contributed by atoms with Gasteiger partial charge in [0.2, 0.25) is 0 Å². The maximum atomic E-state index is 5.62. The molecular formula is C15H28IN3O. The van der Waals surface area contributed by atoms with Crippen molar-refractivity contribution in [1.82, 2.24) is 10.6 Å². The van der Waals surface area contributed by atoms with Crippen LogP contribution in [-0.2, 0) is 4.74 Å². The lowest BCUT2D eigenvalue weighted by atomic mass is 9.98. The molecule has 0 bridgehead atoms. The first kappa shape index (κ1) is 16.3. The molecule has 5 heteroatoms. The molecule has 1 unspecified atom stereocenters. The summed E-state index contributed by atoms with van der Waals surface area (Å²) in [6.45, 7) is 2.90. The van der Waals surface area contributed by atoms with Crippen molar-refractivity contribution < 1.29 is 4.74 Å². The molecule has 0 aromatic carbocycles. The number of ether oxygens (including phenoxy) is 1. The smallest absolute Gasteiger partial charge is 0.191 e. The fraction of sp³-hybridized carbons (Fsp3) is 0.933. The predicted octanol–water partition coefficient (Wildman–Crippen LogP) is 2.38. The number of hydrogen-bond donors (Lipinski definition) is 2. The van der Waals surface area contributed by atoms with Crippen LogP contribution in [0.25, 0.3) is 0 Å². The summed E-state index contributed by atoms with van der Waals surface area (Å²) in [6, 6.07) is 0. The average molecular weight is 393 g/mol. The van der Waals surface area contributed by atoms with Gasteiger partial charge in [-0.15, -0.1) is 24.0 Å². The van der Waals surface area contributed by atoms with Gasteiger partial charge in [-0.05, 0) is 56.3 Å². The van der Waals surface area contributed by atoms with E-state index in [1.54, 1.807) is 0 Å². The van der Waals surface area contributed by atoms with Crippen molar-refractivity contribution in [1.29, 1.82) is 0 Å². The maximum absolute atomic E-state index is 5.62. The Balaban J connectivity index is 0.00000147. The first-order chi connectivity index (χ1) is 9.36. The number of aliphatic imine (C=N–C) groups is 1. The second-order valence-electron chi connectivity index (χ2n) is 6.31. The van der Waals surface area contributed by atoms with Crippen LogP contribution in [0.5, 0.6) is 0 Å². The molecule has 3 fully saturated rings. The highest BCUT2D eigenvalue weighted by molar-refractivity contribution is 14.0. The van der Waals surface area contributed by atoms with Gasteiger partial charge in [-0.2, -0.15) is 0 Å². The molecule has 116 valence electrons. The number of guanidine groups is 1. The molecule has 3 aliphatic rings. The van der Waals surface area contributed by atoms with Crippen LogP contribution in [0.1, 0.15) is 38.5 Å². The molecular weight excluding hydrogens is 365 g/mol. The lowest BCUT2D eigenvalue weighted by Gasteiger charge is -2.19. The third-order valence-electron chi connectivity index (χ3n) is 4.70. The van der Waals surface area contributed by atoms with Crippen LogP contribution in [0.15, 0.2) is 4.99 Å². The summed E-state index contributed by atoms with van der Waals surface area (Å²) in [5.74, 6) is 3.83. The molecule has 2 aliphatic carbocycles. The van der Waals surface area contributed by atoms with E-state index in [2.05, 4.69) is 15.6 Å². The van der Waals surface area contributed by atoms with Crippen molar-refractivity contribution in [2.24, 2.45) is 22.7 Å². The predicted molar refractivity (Wildman–Crippen MR) is 92.7 cm³/mol. The number of rotatable bonds is 6. The van der Waals surface area contributed by atoms with Gasteiger partial charge in [0.15, 0.2) is 5.96 Å². The van der Waals surface area contributed by atoms with E-state index in [0.717, 1.165) is 43.4 Å². The Kier molecular flexibility index (Phi) is 6.39. The van der Waals surface area contributed by atoms with Gasteiger partial charge in [0.1, 0.15) is 0 Å². The number of nitrogens with one attached hydrogen (secondary N) is 2. The first-order valence-electron chi connectivity index (χ1n) is 7.93. The largest absolute Gasteiger partial charge is 0.376 e. The minimum atomic E-state index is 0. The third kappa shape index (κ3) is 4.76. The number of nitrogens with zero attached hydrogens (tertiary/aromatic N) is 1. The highest BCUT2D eigenvalue weighted by Crippen LogP contribution is 2.48. The van der Waals surface area contributed by atoms with E-state index in [1.807, 2.05) is 7.05 Å². The fourth-order valence-electron chi connectivity index (χ4n) is 3.22. The molecule has 0 amide bonds. The number of hydrogen-bond acceptors (Lipinski definition) is 2. The lowest BCUT2D eigenvalue weighted by molar-refractivity contribution is 0.113. The van der Waals surface area contributed by atoms with Crippen molar-refractivity contribution >= 4 is 29.9 Å². The summed E-state index contributed by atoms with van der Waals surface area (Å²) in [5.41, 5.74) is 0. The Bertz CT molecular complexity index is 311. The van der Waals surface area contributed by atoms with Gasteiger partial charge in [0, 0.05) is 26.7 Å². The topological polar surface area (TPSA) is 45.7 Å². The van der Waals surface area contributed by atoms with Gasteiger partial charge in [-0.3, -0.25) is 4.99 Å². The Labute approximate surface area is 139 Å². The second-order valence-corrected chi connectivity index (χ2v) is 6.31. The standard InChI is InChI=1S/C15H27N3O.HI/c1-16-15(17-9-13-3-2-8-19-13)18-10-14(11-4-5-11)12-6-7-12;/h11-14H,2-10H2,1H3,(H2,16,17,18);1H. The van der Waals surface area contributed by atoms with Crippen LogP contribution in [0.2, 0.25) is 0 Å². The van der Waals surface area contributed by atoms with Crippen LogP contribution >= 0.6 is 24.0 Å². The van der Waals surface area contributed by atoms with E-state index in [-0.39, 0.29) is 24.0 Å². The minimum Gasteiger partial charge on any atom is -0.376 e. The van der Waals surface area contributed by atoms with E-state index in [4.69, 9.17) is 4.74 Å². The SMILES string of the molecule is CN=C(NCC1CCCO1)NCC(C1CC1)C1CC1.I. The molecule has 0 spiro atoms. The summed E-state index contributed by atoms with van der Waals surface area (Å²) in [6.07, 6.45) is 8.55. The molecule has 1 aliphatic heterocycles. The normalized spacial score (nSPS) is 26.5.